The second-order valence-corrected chi connectivity index (χ2v) is 5.11. The number of nitrogens with zero attached hydrogens (tertiary/aromatic N) is 2. The van der Waals surface area contributed by atoms with E-state index in [9.17, 15) is 9.59 Å². The maximum Gasteiger partial charge on any atom is 0.363 e. The van der Waals surface area contributed by atoms with Crippen LogP contribution in [0, 0.1) is 0 Å². The number of unbranched alkanes of at least 4 members (excludes halogenated alkanes) is 1. The molecule has 0 saturated heterocycles. The molecule has 7 nitrogen and oxygen atoms in total. The lowest BCUT2D eigenvalue weighted by Crippen LogP contribution is -2.29. The Balaban J connectivity index is 2.01. The molecule has 0 aliphatic carbocycles. The summed E-state index contributed by atoms with van der Waals surface area (Å²) in [6, 6.07) is 9.31. The van der Waals surface area contributed by atoms with E-state index in [1.807, 2.05) is 37.3 Å². The maximum atomic E-state index is 12.1. The number of amides is 1. The fraction of sp³-hybridized carbons (Fsp3) is 0.353. The molecule has 1 aromatic carbocycles. The first kappa shape index (κ1) is 17.5. The molecule has 0 aliphatic heterocycles. The van der Waals surface area contributed by atoms with E-state index in [-0.39, 0.29) is 24.0 Å². The van der Waals surface area contributed by atoms with Crippen molar-refractivity contribution < 1.29 is 19.1 Å². The van der Waals surface area contributed by atoms with Crippen LogP contribution in [0.25, 0.3) is 5.69 Å². The number of para-hydroxylation sites is 1. The van der Waals surface area contributed by atoms with Crippen LogP contribution in [-0.2, 0) is 9.53 Å². The van der Waals surface area contributed by atoms with E-state index in [0.29, 0.717) is 6.54 Å². The molecule has 0 bridgehead atoms. The van der Waals surface area contributed by atoms with Crippen molar-refractivity contribution in [3.63, 3.8) is 0 Å². The van der Waals surface area contributed by atoms with Crippen molar-refractivity contribution in [1.29, 1.82) is 0 Å². The number of carbonyl (C=O) groups is 2. The molecule has 0 unspecified atom stereocenters. The highest BCUT2D eigenvalue weighted by atomic mass is 16.5. The zero-order valence-corrected chi connectivity index (χ0v) is 13.8. The fourth-order valence-corrected chi connectivity index (χ4v) is 2.02. The SMILES string of the molecule is CCCCNC(=O)COC(=O)c1nn(-c2ccccc2)cc1OC. The van der Waals surface area contributed by atoms with Gasteiger partial charge in [0.2, 0.25) is 5.69 Å². The van der Waals surface area contributed by atoms with Crippen LogP contribution in [-0.4, -0.2) is 41.9 Å². The Hall–Kier alpha value is -2.83. The van der Waals surface area contributed by atoms with E-state index in [0.717, 1.165) is 18.5 Å². The minimum atomic E-state index is -0.702. The molecule has 0 fully saturated rings. The van der Waals surface area contributed by atoms with Crippen molar-refractivity contribution in [2.24, 2.45) is 0 Å². The minimum Gasteiger partial charge on any atom is -0.493 e. The van der Waals surface area contributed by atoms with Gasteiger partial charge in [-0.25, -0.2) is 9.48 Å². The topological polar surface area (TPSA) is 82.5 Å². The first-order chi connectivity index (χ1) is 11.7. The van der Waals surface area contributed by atoms with Gasteiger partial charge < -0.3 is 14.8 Å². The Morgan fingerprint density at radius 3 is 2.67 bits per heavy atom. The second-order valence-electron chi connectivity index (χ2n) is 5.11. The van der Waals surface area contributed by atoms with Gasteiger partial charge in [-0.3, -0.25) is 4.79 Å². The van der Waals surface area contributed by atoms with Crippen molar-refractivity contribution in [1.82, 2.24) is 15.1 Å². The van der Waals surface area contributed by atoms with E-state index < -0.39 is 5.97 Å². The summed E-state index contributed by atoms with van der Waals surface area (Å²) in [7, 11) is 1.45. The number of rotatable bonds is 8. The van der Waals surface area contributed by atoms with Crippen molar-refractivity contribution in [2.75, 3.05) is 20.3 Å². The normalized spacial score (nSPS) is 10.2. The summed E-state index contributed by atoms with van der Waals surface area (Å²) < 4.78 is 11.7. The highest BCUT2D eigenvalue weighted by Gasteiger charge is 2.20. The van der Waals surface area contributed by atoms with Crippen LogP contribution in [0.4, 0.5) is 0 Å². The molecule has 1 amide bonds. The first-order valence-electron chi connectivity index (χ1n) is 7.78. The van der Waals surface area contributed by atoms with E-state index in [2.05, 4.69) is 10.4 Å². The van der Waals surface area contributed by atoms with E-state index in [1.165, 1.54) is 11.8 Å². The summed E-state index contributed by atoms with van der Waals surface area (Å²) in [5.74, 6) is -0.749. The van der Waals surface area contributed by atoms with Gasteiger partial charge in [0.25, 0.3) is 5.91 Å². The van der Waals surface area contributed by atoms with Gasteiger partial charge in [-0.1, -0.05) is 31.5 Å². The van der Waals surface area contributed by atoms with Crippen molar-refractivity contribution in [3.8, 4) is 11.4 Å². The highest BCUT2D eigenvalue weighted by molar-refractivity contribution is 5.92. The zero-order valence-electron chi connectivity index (χ0n) is 13.8. The molecule has 24 heavy (non-hydrogen) atoms. The average Bonchev–Trinajstić information content (AvgIpc) is 3.05. The lowest BCUT2D eigenvalue weighted by Gasteiger charge is -2.05. The molecule has 1 N–H and O–H groups in total. The standard InChI is InChI=1S/C17H21N3O4/c1-3-4-10-18-15(21)12-24-17(22)16-14(23-2)11-20(19-16)13-8-6-5-7-9-13/h5-9,11H,3-4,10,12H2,1-2H3,(H,18,21). The molecule has 0 radical (unpaired) electrons. The monoisotopic (exact) mass is 331 g/mol. The molecule has 0 aliphatic rings. The second kappa shape index (κ2) is 8.71. The Kier molecular flexibility index (Phi) is 6.36. The number of ether oxygens (including phenoxy) is 2. The number of aromatic nitrogens is 2. The molecular weight excluding hydrogens is 310 g/mol. The summed E-state index contributed by atoms with van der Waals surface area (Å²) in [4.78, 5) is 23.7. The van der Waals surface area contributed by atoms with Gasteiger partial charge in [-0.15, -0.1) is 0 Å². The summed E-state index contributed by atoms with van der Waals surface area (Å²) in [6.07, 6.45) is 3.45. The third kappa shape index (κ3) is 4.58. The van der Waals surface area contributed by atoms with E-state index >= 15 is 0 Å². The number of benzene rings is 1. The lowest BCUT2D eigenvalue weighted by atomic mass is 10.3. The van der Waals surface area contributed by atoms with Crippen molar-refractivity contribution in [3.05, 3.63) is 42.2 Å². The average molecular weight is 331 g/mol. The molecule has 7 heteroatoms. The van der Waals surface area contributed by atoms with Gasteiger partial charge in [0, 0.05) is 6.54 Å². The number of carbonyl (C=O) groups excluding carboxylic acids is 2. The van der Waals surface area contributed by atoms with Crippen LogP contribution < -0.4 is 10.1 Å². The van der Waals surface area contributed by atoms with Gasteiger partial charge in [0.15, 0.2) is 12.4 Å². The van der Waals surface area contributed by atoms with Crippen molar-refractivity contribution in [2.45, 2.75) is 19.8 Å². The third-order valence-electron chi connectivity index (χ3n) is 3.30. The Morgan fingerprint density at radius 2 is 2.00 bits per heavy atom. The summed E-state index contributed by atoms with van der Waals surface area (Å²) in [6.45, 7) is 2.25. The molecule has 2 rings (SSSR count). The Morgan fingerprint density at radius 1 is 1.25 bits per heavy atom. The predicted molar refractivity (Wildman–Crippen MR) is 88.3 cm³/mol. The van der Waals surface area contributed by atoms with E-state index in [4.69, 9.17) is 9.47 Å². The summed E-state index contributed by atoms with van der Waals surface area (Å²) in [5, 5.41) is 6.87. The number of methoxy groups -OCH3 is 1. The largest absolute Gasteiger partial charge is 0.493 e. The first-order valence-corrected chi connectivity index (χ1v) is 7.78. The fourth-order valence-electron chi connectivity index (χ4n) is 2.02. The maximum absolute atomic E-state index is 12.1. The molecule has 0 atom stereocenters. The van der Waals surface area contributed by atoms with Crippen LogP contribution in [0.3, 0.4) is 0 Å². The van der Waals surface area contributed by atoms with Crippen LogP contribution in [0.1, 0.15) is 30.3 Å². The number of esters is 1. The van der Waals surface area contributed by atoms with Crippen LogP contribution >= 0.6 is 0 Å². The molecule has 1 heterocycles. The van der Waals surface area contributed by atoms with Gasteiger partial charge in [0.1, 0.15) is 0 Å². The zero-order chi connectivity index (χ0) is 17.4. The molecule has 128 valence electrons. The molecule has 2 aromatic rings. The molecule has 1 aromatic heterocycles. The van der Waals surface area contributed by atoms with Crippen molar-refractivity contribution >= 4 is 11.9 Å². The predicted octanol–water partition coefficient (Wildman–Crippen LogP) is 1.95. The van der Waals surface area contributed by atoms with Gasteiger partial charge >= 0.3 is 5.97 Å². The van der Waals surface area contributed by atoms with Gasteiger partial charge in [0.05, 0.1) is 19.0 Å². The lowest BCUT2D eigenvalue weighted by molar-refractivity contribution is -0.124. The number of nitrogens with one attached hydrogen (secondary N) is 1. The van der Waals surface area contributed by atoms with Crippen LogP contribution in [0.2, 0.25) is 0 Å². The Bertz CT molecular complexity index is 682. The third-order valence-corrected chi connectivity index (χ3v) is 3.30. The quantitative estimate of drug-likeness (QED) is 0.590. The van der Waals surface area contributed by atoms with Crippen LogP contribution in [0.15, 0.2) is 36.5 Å². The number of hydrogen-bond donors (Lipinski definition) is 1. The van der Waals surface area contributed by atoms with E-state index in [1.54, 1.807) is 6.20 Å². The molecule has 0 saturated carbocycles. The number of hydrogen-bond acceptors (Lipinski definition) is 5. The Labute approximate surface area is 140 Å². The molecular formula is C17H21N3O4. The van der Waals surface area contributed by atoms with Crippen LogP contribution in [0.5, 0.6) is 5.75 Å². The summed E-state index contributed by atoms with van der Waals surface area (Å²) in [5.41, 5.74) is 0.815. The highest BCUT2D eigenvalue weighted by Crippen LogP contribution is 2.20. The summed E-state index contributed by atoms with van der Waals surface area (Å²) >= 11 is 0. The minimum absolute atomic E-state index is 0.0303. The molecule has 0 spiro atoms. The van der Waals surface area contributed by atoms with Gasteiger partial charge in [-0.2, -0.15) is 5.10 Å². The van der Waals surface area contributed by atoms with Gasteiger partial charge in [-0.05, 0) is 18.6 Å². The smallest absolute Gasteiger partial charge is 0.363 e.